The van der Waals surface area contributed by atoms with Gasteiger partial charge in [-0.3, -0.25) is 9.48 Å². The van der Waals surface area contributed by atoms with Gasteiger partial charge in [0.2, 0.25) is 5.91 Å². The van der Waals surface area contributed by atoms with Crippen molar-refractivity contribution in [1.29, 1.82) is 0 Å². The van der Waals surface area contributed by atoms with Crippen LogP contribution in [0.1, 0.15) is 64.4 Å². The van der Waals surface area contributed by atoms with Crippen LogP contribution in [-0.4, -0.2) is 48.6 Å². The predicted octanol–water partition coefficient (Wildman–Crippen LogP) is 4.77. The van der Waals surface area contributed by atoms with Crippen molar-refractivity contribution in [3.05, 3.63) is 41.0 Å². The fraction of sp³-hybridized carbons (Fsp3) is 0.519. The number of rotatable bonds is 8. The monoisotopic (exact) mass is 562 g/mol. The lowest BCUT2D eigenvalue weighted by atomic mass is 9.87. The van der Waals surface area contributed by atoms with E-state index in [0.717, 1.165) is 31.9 Å². The summed E-state index contributed by atoms with van der Waals surface area (Å²) in [7, 11) is -3.47. The molecule has 1 aromatic heterocycles. The number of hydrogen-bond donors (Lipinski definition) is 2. The molecule has 0 radical (unpaired) electrons. The molecule has 1 aliphatic rings. The summed E-state index contributed by atoms with van der Waals surface area (Å²) < 4.78 is 30.7. The molecule has 3 rings (SSSR count). The lowest BCUT2D eigenvalue weighted by molar-refractivity contribution is -0.118. The molecule has 0 bridgehead atoms. The molecule has 0 spiro atoms. The van der Waals surface area contributed by atoms with Crippen LogP contribution >= 0.6 is 11.6 Å². The first-order chi connectivity index (χ1) is 17.8. The second-order valence-electron chi connectivity index (χ2n) is 10.5. The van der Waals surface area contributed by atoms with Gasteiger partial charge >= 0.3 is 6.09 Å². The molecule has 2 N–H and O–H groups in total. The van der Waals surface area contributed by atoms with Crippen LogP contribution in [-0.2, 0) is 25.9 Å². The molecule has 2 amide bonds. The van der Waals surface area contributed by atoms with Crippen LogP contribution in [0.15, 0.2) is 35.4 Å². The first-order valence-electron chi connectivity index (χ1n) is 12.6. The van der Waals surface area contributed by atoms with Crippen molar-refractivity contribution in [2.75, 3.05) is 18.1 Å². The van der Waals surface area contributed by atoms with E-state index in [1.807, 2.05) is 0 Å². The normalized spacial score (nSPS) is 14.9. The number of ether oxygens (including phenoxy) is 1. The van der Waals surface area contributed by atoms with E-state index in [2.05, 4.69) is 27.6 Å². The summed E-state index contributed by atoms with van der Waals surface area (Å²) in [5.41, 5.74) is 0.102. The maximum atomic E-state index is 13.4. The summed E-state index contributed by atoms with van der Waals surface area (Å²) >= 11 is 6.29. The van der Waals surface area contributed by atoms with E-state index in [-0.39, 0.29) is 28.9 Å². The van der Waals surface area contributed by atoms with Crippen LogP contribution in [0.25, 0.3) is 0 Å². The van der Waals surface area contributed by atoms with Crippen molar-refractivity contribution in [2.24, 2.45) is 5.92 Å². The molecule has 1 aliphatic carbocycles. The SMILES string of the molecule is CC(C)(C)OC(=O)NCC#CCn1ccc(NC(=O)C(CC2CCCC2)c2ccc(S(C)(=O)=O)c(Cl)c2)n1. The number of benzene rings is 1. The Bertz CT molecular complexity index is 1310. The molecular weight excluding hydrogens is 528 g/mol. The lowest BCUT2D eigenvalue weighted by Crippen LogP contribution is -2.32. The molecule has 1 aromatic carbocycles. The first kappa shape index (κ1) is 29.5. The van der Waals surface area contributed by atoms with Gasteiger partial charge in [-0.1, -0.05) is 55.2 Å². The summed E-state index contributed by atoms with van der Waals surface area (Å²) in [5, 5.41) is 9.93. The van der Waals surface area contributed by atoms with Crippen LogP contribution < -0.4 is 10.6 Å². The van der Waals surface area contributed by atoms with Crippen LogP contribution in [0.4, 0.5) is 10.6 Å². The summed E-state index contributed by atoms with van der Waals surface area (Å²) in [6, 6.07) is 6.40. The fourth-order valence-corrected chi connectivity index (χ4v) is 5.71. The van der Waals surface area contributed by atoms with Gasteiger partial charge in [0.25, 0.3) is 0 Å². The van der Waals surface area contributed by atoms with Crippen LogP contribution in [0.3, 0.4) is 0 Å². The Morgan fingerprint density at radius 2 is 1.92 bits per heavy atom. The molecule has 11 heteroatoms. The molecule has 9 nitrogen and oxygen atoms in total. The highest BCUT2D eigenvalue weighted by Crippen LogP contribution is 2.36. The first-order valence-corrected chi connectivity index (χ1v) is 14.8. The summed E-state index contributed by atoms with van der Waals surface area (Å²) in [4.78, 5) is 25.1. The number of halogens is 1. The maximum Gasteiger partial charge on any atom is 0.408 e. The second kappa shape index (κ2) is 12.7. The molecule has 206 valence electrons. The molecule has 0 aliphatic heterocycles. The molecule has 1 heterocycles. The second-order valence-corrected chi connectivity index (χ2v) is 12.9. The third kappa shape index (κ3) is 9.07. The minimum absolute atomic E-state index is 0.0455. The number of sulfone groups is 1. The number of carbonyl (C=O) groups excluding carboxylic acids is 2. The Hall–Kier alpha value is -3.03. The van der Waals surface area contributed by atoms with Crippen LogP contribution in [0.5, 0.6) is 0 Å². The van der Waals surface area contributed by atoms with Gasteiger partial charge in [-0.25, -0.2) is 13.2 Å². The van der Waals surface area contributed by atoms with Crippen molar-refractivity contribution >= 4 is 39.3 Å². The van der Waals surface area contributed by atoms with Crippen LogP contribution in [0.2, 0.25) is 5.02 Å². The maximum absolute atomic E-state index is 13.4. The predicted molar refractivity (Wildman–Crippen MR) is 147 cm³/mol. The Kier molecular flexibility index (Phi) is 9.85. The molecule has 0 saturated heterocycles. The van der Waals surface area contributed by atoms with Crippen molar-refractivity contribution in [1.82, 2.24) is 15.1 Å². The Morgan fingerprint density at radius 3 is 2.55 bits per heavy atom. The van der Waals surface area contributed by atoms with Gasteiger partial charge < -0.3 is 15.4 Å². The van der Waals surface area contributed by atoms with Gasteiger partial charge in [0.05, 0.1) is 22.4 Å². The molecule has 1 atom stereocenters. The number of nitrogens with one attached hydrogen (secondary N) is 2. The molecule has 2 aromatic rings. The Balaban J connectivity index is 1.64. The zero-order valence-corrected chi connectivity index (χ0v) is 23.8. The molecule has 1 unspecified atom stereocenters. The van der Waals surface area contributed by atoms with E-state index < -0.39 is 27.4 Å². The van der Waals surface area contributed by atoms with E-state index in [1.54, 1.807) is 49.8 Å². The van der Waals surface area contributed by atoms with E-state index >= 15 is 0 Å². The van der Waals surface area contributed by atoms with Crippen molar-refractivity contribution in [2.45, 2.75) is 75.8 Å². The minimum atomic E-state index is -3.47. The highest BCUT2D eigenvalue weighted by Gasteiger charge is 2.28. The van der Waals surface area contributed by atoms with Gasteiger partial charge in [-0.2, -0.15) is 5.10 Å². The van der Waals surface area contributed by atoms with Gasteiger partial charge in [0.15, 0.2) is 15.7 Å². The summed E-state index contributed by atoms with van der Waals surface area (Å²) in [6.07, 6.45) is 7.35. The summed E-state index contributed by atoms with van der Waals surface area (Å²) in [6.45, 7) is 5.77. The topological polar surface area (TPSA) is 119 Å². The Labute approximate surface area is 229 Å². The molecule has 38 heavy (non-hydrogen) atoms. The lowest BCUT2D eigenvalue weighted by Gasteiger charge is -2.21. The van der Waals surface area contributed by atoms with Gasteiger partial charge in [-0.05, 0) is 50.8 Å². The highest BCUT2D eigenvalue weighted by molar-refractivity contribution is 7.90. The van der Waals surface area contributed by atoms with Crippen molar-refractivity contribution in [3.8, 4) is 11.8 Å². The van der Waals surface area contributed by atoms with Crippen molar-refractivity contribution in [3.63, 3.8) is 0 Å². The number of alkyl carbamates (subject to hydrolysis) is 1. The zero-order valence-electron chi connectivity index (χ0n) is 22.2. The third-order valence-electron chi connectivity index (χ3n) is 6.10. The van der Waals surface area contributed by atoms with E-state index in [1.165, 1.54) is 6.07 Å². The fourth-order valence-electron chi connectivity index (χ4n) is 4.37. The molecular formula is C27H35ClN4O5S. The number of amides is 2. The largest absolute Gasteiger partial charge is 0.444 e. The highest BCUT2D eigenvalue weighted by atomic mass is 35.5. The van der Waals surface area contributed by atoms with Gasteiger partial charge in [-0.15, -0.1) is 0 Å². The van der Waals surface area contributed by atoms with Crippen molar-refractivity contribution < 1.29 is 22.7 Å². The van der Waals surface area contributed by atoms with Crippen LogP contribution in [0, 0.1) is 17.8 Å². The number of carbonyl (C=O) groups is 2. The third-order valence-corrected chi connectivity index (χ3v) is 7.68. The number of hydrogen-bond acceptors (Lipinski definition) is 6. The number of aromatic nitrogens is 2. The quantitative estimate of drug-likeness (QED) is 0.447. The molecule has 1 saturated carbocycles. The van der Waals surface area contributed by atoms with E-state index in [9.17, 15) is 18.0 Å². The standard InChI is InChI=1S/C27H35ClN4O5S/c1-27(2,3)37-26(34)29-14-7-8-15-32-16-13-24(31-32)30-25(33)21(17-19-9-5-6-10-19)20-11-12-23(22(28)18-20)38(4,35)36/h11-13,16,18-19,21H,5-6,9-10,14-15,17H2,1-4H3,(H,29,34)(H,30,31,33). The Morgan fingerprint density at radius 1 is 1.21 bits per heavy atom. The summed E-state index contributed by atoms with van der Waals surface area (Å²) in [5.74, 6) is 5.84. The average Bonchev–Trinajstić information content (AvgIpc) is 3.47. The van der Waals surface area contributed by atoms with Gasteiger partial charge in [0.1, 0.15) is 12.1 Å². The number of nitrogens with zero attached hydrogens (tertiary/aromatic N) is 2. The minimum Gasteiger partial charge on any atom is -0.444 e. The average molecular weight is 563 g/mol. The molecule has 1 fully saturated rings. The van der Waals surface area contributed by atoms with E-state index in [0.29, 0.717) is 23.7 Å². The number of anilines is 1. The van der Waals surface area contributed by atoms with E-state index in [4.69, 9.17) is 16.3 Å². The van der Waals surface area contributed by atoms with Gasteiger partial charge in [0, 0.05) is 18.5 Å². The zero-order chi connectivity index (χ0) is 27.9. The smallest absolute Gasteiger partial charge is 0.408 e.